The minimum absolute atomic E-state index is 0.533. The van der Waals surface area contributed by atoms with Gasteiger partial charge in [0.15, 0.2) is 0 Å². The number of nitrogens with zero attached hydrogens (tertiary/aromatic N) is 2. The van der Waals surface area contributed by atoms with Crippen molar-refractivity contribution in [3.8, 4) is 11.5 Å². The van der Waals surface area contributed by atoms with Crippen molar-refractivity contribution in [3.63, 3.8) is 0 Å². The number of hydrogen-bond donors (Lipinski definition) is 1. The molecule has 1 unspecified atom stereocenters. The number of nitrogens with one attached hydrogen (secondary N) is 1. The SMILES string of the molecule is Cc1cc(-c2nnco2)ccc1NC(C)C1CCCC1. The van der Waals surface area contributed by atoms with Crippen LogP contribution in [0.3, 0.4) is 0 Å². The van der Waals surface area contributed by atoms with Crippen molar-refractivity contribution in [2.75, 3.05) is 5.32 Å². The van der Waals surface area contributed by atoms with Gasteiger partial charge in [-0.1, -0.05) is 12.8 Å². The minimum atomic E-state index is 0.533. The van der Waals surface area contributed by atoms with Gasteiger partial charge in [0.25, 0.3) is 0 Å². The molecule has 0 bridgehead atoms. The van der Waals surface area contributed by atoms with Crippen LogP contribution in [0.15, 0.2) is 29.0 Å². The van der Waals surface area contributed by atoms with E-state index >= 15 is 0 Å². The molecule has 4 heteroatoms. The Morgan fingerprint density at radius 1 is 1.30 bits per heavy atom. The Balaban J connectivity index is 1.74. The van der Waals surface area contributed by atoms with Gasteiger partial charge in [-0.25, -0.2) is 0 Å². The van der Waals surface area contributed by atoms with E-state index in [9.17, 15) is 0 Å². The van der Waals surface area contributed by atoms with Gasteiger partial charge in [-0.3, -0.25) is 0 Å². The molecule has 0 saturated heterocycles. The number of aromatic nitrogens is 2. The van der Waals surface area contributed by atoms with Gasteiger partial charge in [0.1, 0.15) is 0 Å². The molecule has 106 valence electrons. The van der Waals surface area contributed by atoms with Gasteiger partial charge < -0.3 is 9.73 Å². The molecule has 0 spiro atoms. The average molecular weight is 271 g/mol. The average Bonchev–Trinajstić information content (AvgIpc) is 3.14. The van der Waals surface area contributed by atoms with E-state index < -0.39 is 0 Å². The number of rotatable bonds is 4. The van der Waals surface area contributed by atoms with Gasteiger partial charge in [-0.05, 0) is 56.4 Å². The van der Waals surface area contributed by atoms with Gasteiger partial charge in [0.2, 0.25) is 12.3 Å². The van der Waals surface area contributed by atoms with Crippen molar-refractivity contribution in [3.05, 3.63) is 30.2 Å². The zero-order valence-electron chi connectivity index (χ0n) is 12.1. The Morgan fingerprint density at radius 2 is 2.10 bits per heavy atom. The van der Waals surface area contributed by atoms with Crippen molar-refractivity contribution in [2.45, 2.75) is 45.6 Å². The fraction of sp³-hybridized carbons (Fsp3) is 0.500. The lowest BCUT2D eigenvalue weighted by atomic mass is 9.99. The van der Waals surface area contributed by atoms with E-state index in [4.69, 9.17) is 4.42 Å². The first-order valence-corrected chi connectivity index (χ1v) is 7.38. The molecule has 1 fully saturated rings. The zero-order chi connectivity index (χ0) is 13.9. The van der Waals surface area contributed by atoms with Crippen molar-refractivity contribution in [1.29, 1.82) is 0 Å². The first kappa shape index (κ1) is 13.2. The lowest BCUT2D eigenvalue weighted by molar-refractivity contribution is 0.482. The topological polar surface area (TPSA) is 51.0 Å². The number of aryl methyl sites for hydroxylation is 1. The lowest BCUT2D eigenvalue weighted by Gasteiger charge is -2.22. The number of anilines is 1. The Hall–Kier alpha value is -1.84. The Bertz CT molecular complexity index is 559. The molecular formula is C16H21N3O. The molecule has 1 aromatic heterocycles. The van der Waals surface area contributed by atoms with Crippen LogP contribution in [0.4, 0.5) is 5.69 Å². The third-order valence-corrected chi connectivity index (χ3v) is 4.32. The molecule has 20 heavy (non-hydrogen) atoms. The van der Waals surface area contributed by atoms with Crippen LogP contribution in [0.1, 0.15) is 38.2 Å². The molecule has 1 heterocycles. The standard InChI is InChI=1S/C16H21N3O/c1-11-9-14(16-19-17-10-20-16)7-8-15(11)18-12(2)13-5-3-4-6-13/h7-10,12-13,18H,3-6H2,1-2H3. The molecule has 1 aromatic carbocycles. The zero-order valence-corrected chi connectivity index (χ0v) is 12.1. The van der Waals surface area contributed by atoms with E-state index in [-0.39, 0.29) is 0 Å². The first-order valence-electron chi connectivity index (χ1n) is 7.38. The summed E-state index contributed by atoms with van der Waals surface area (Å²) in [7, 11) is 0. The Labute approximate surface area is 119 Å². The predicted molar refractivity (Wildman–Crippen MR) is 79.5 cm³/mol. The van der Waals surface area contributed by atoms with Gasteiger partial charge in [-0.2, -0.15) is 0 Å². The molecule has 0 amide bonds. The van der Waals surface area contributed by atoms with Crippen LogP contribution >= 0.6 is 0 Å². The molecule has 1 aliphatic carbocycles. The van der Waals surface area contributed by atoms with Crippen molar-refractivity contribution in [2.24, 2.45) is 5.92 Å². The van der Waals surface area contributed by atoms with Gasteiger partial charge in [0.05, 0.1) is 0 Å². The third kappa shape index (κ3) is 2.69. The summed E-state index contributed by atoms with van der Waals surface area (Å²) in [4.78, 5) is 0. The molecule has 1 aliphatic rings. The largest absolute Gasteiger partial charge is 0.423 e. The second kappa shape index (κ2) is 5.65. The monoisotopic (exact) mass is 271 g/mol. The highest BCUT2D eigenvalue weighted by Crippen LogP contribution is 2.30. The quantitative estimate of drug-likeness (QED) is 0.912. The fourth-order valence-corrected chi connectivity index (χ4v) is 3.08. The van der Waals surface area contributed by atoms with E-state index in [1.165, 1.54) is 43.3 Å². The van der Waals surface area contributed by atoms with E-state index in [1.807, 2.05) is 6.07 Å². The molecule has 1 saturated carbocycles. The van der Waals surface area contributed by atoms with Crippen LogP contribution in [-0.2, 0) is 0 Å². The van der Waals surface area contributed by atoms with Crippen LogP contribution in [0, 0.1) is 12.8 Å². The molecule has 1 N–H and O–H groups in total. The van der Waals surface area contributed by atoms with Crippen molar-refractivity contribution in [1.82, 2.24) is 10.2 Å². The summed E-state index contributed by atoms with van der Waals surface area (Å²) in [6.45, 7) is 4.41. The number of benzene rings is 1. The number of hydrogen-bond acceptors (Lipinski definition) is 4. The highest BCUT2D eigenvalue weighted by atomic mass is 16.4. The van der Waals surface area contributed by atoms with E-state index in [1.54, 1.807) is 0 Å². The lowest BCUT2D eigenvalue weighted by Crippen LogP contribution is -2.24. The van der Waals surface area contributed by atoms with Crippen molar-refractivity contribution >= 4 is 5.69 Å². The maximum Gasteiger partial charge on any atom is 0.247 e. The third-order valence-electron chi connectivity index (χ3n) is 4.32. The predicted octanol–water partition coefficient (Wildman–Crippen LogP) is 4.04. The Kier molecular flexibility index (Phi) is 3.72. The van der Waals surface area contributed by atoms with Gasteiger partial charge in [-0.15, -0.1) is 10.2 Å². The molecule has 2 aromatic rings. The summed E-state index contributed by atoms with van der Waals surface area (Å²) < 4.78 is 5.23. The molecule has 0 aliphatic heterocycles. The van der Waals surface area contributed by atoms with Crippen LogP contribution in [0.5, 0.6) is 0 Å². The van der Waals surface area contributed by atoms with Crippen LogP contribution in [0.2, 0.25) is 0 Å². The smallest absolute Gasteiger partial charge is 0.247 e. The molecular weight excluding hydrogens is 250 g/mol. The van der Waals surface area contributed by atoms with Crippen LogP contribution in [-0.4, -0.2) is 16.2 Å². The second-order valence-corrected chi connectivity index (χ2v) is 5.75. The van der Waals surface area contributed by atoms with E-state index in [0.717, 1.165) is 11.5 Å². The summed E-state index contributed by atoms with van der Waals surface area (Å²) >= 11 is 0. The Morgan fingerprint density at radius 3 is 2.75 bits per heavy atom. The van der Waals surface area contributed by atoms with Crippen LogP contribution < -0.4 is 5.32 Å². The summed E-state index contributed by atoms with van der Waals surface area (Å²) in [6.07, 6.45) is 6.83. The normalized spacial score (nSPS) is 17.3. The second-order valence-electron chi connectivity index (χ2n) is 5.75. The summed E-state index contributed by atoms with van der Waals surface area (Å²) in [6, 6.07) is 6.77. The highest BCUT2D eigenvalue weighted by molar-refractivity contribution is 5.62. The van der Waals surface area contributed by atoms with Crippen molar-refractivity contribution < 1.29 is 4.42 Å². The fourth-order valence-electron chi connectivity index (χ4n) is 3.08. The summed E-state index contributed by atoms with van der Waals surface area (Å²) in [5, 5.41) is 11.3. The highest BCUT2D eigenvalue weighted by Gasteiger charge is 2.21. The van der Waals surface area contributed by atoms with Gasteiger partial charge >= 0.3 is 0 Å². The maximum absolute atomic E-state index is 5.23. The maximum atomic E-state index is 5.23. The first-order chi connectivity index (χ1) is 9.74. The van der Waals surface area contributed by atoms with E-state index in [2.05, 4.69) is 41.5 Å². The molecule has 1 atom stereocenters. The molecule has 4 nitrogen and oxygen atoms in total. The summed E-state index contributed by atoms with van der Waals surface area (Å²) in [5.74, 6) is 1.38. The molecule has 3 rings (SSSR count). The molecule has 0 radical (unpaired) electrons. The summed E-state index contributed by atoms with van der Waals surface area (Å²) in [5.41, 5.74) is 3.39. The van der Waals surface area contributed by atoms with Crippen LogP contribution in [0.25, 0.3) is 11.5 Å². The van der Waals surface area contributed by atoms with E-state index in [0.29, 0.717) is 11.9 Å². The van der Waals surface area contributed by atoms with Gasteiger partial charge in [0, 0.05) is 17.3 Å². The minimum Gasteiger partial charge on any atom is -0.423 e.